The molecule has 6 aromatic rings. The maximum atomic E-state index is 6.56. The predicted molar refractivity (Wildman–Crippen MR) is 143 cm³/mol. The Bertz CT molecular complexity index is 1730. The lowest BCUT2D eigenvalue weighted by Gasteiger charge is -2.15. The van der Waals surface area contributed by atoms with Crippen LogP contribution >= 0.6 is 11.3 Å². The molecule has 0 amide bonds. The van der Waals surface area contributed by atoms with Crippen LogP contribution in [0, 0.1) is 0 Å². The first-order chi connectivity index (χ1) is 16.3. The van der Waals surface area contributed by atoms with Gasteiger partial charge in [-0.2, -0.15) is 0 Å². The number of nitrogen functional groups attached to an aromatic ring is 1. The standard InChI is InChI=1S/C30H22N2S/c31-25-12-7-11-23-21-9-2-5-14-27(21)32(30(23)25)26-13-4-1-8-20(26)19-16-17-29-24(18-19)22-10-3-6-15-28(22)33-29/h1-2,4-9,11-18H,3,10,31H2. The van der Waals surface area contributed by atoms with Crippen LogP contribution in [-0.4, -0.2) is 4.57 Å². The Morgan fingerprint density at radius 1 is 0.788 bits per heavy atom. The molecule has 0 radical (unpaired) electrons. The highest BCUT2D eigenvalue weighted by molar-refractivity contribution is 7.20. The molecule has 0 atom stereocenters. The molecule has 0 bridgehead atoms. The summed E-state index contributed by atoms with van der Waals surface area (Å²) in [6, 6.07) is 30.4. The highest BCUT2D eigenvalue weighted by Crippen LogP contribution is 2.41. The SMILES string of the molecule is Nc1cccc2c3ccccc3n(-c3ccccc3-c3ccc4sc5c(c4c3)CCC=C5)c12. The second-order valence-corrected chi connectivity index (χ2v) is 9.79. The molecule has 3 heteroatoms. The molecule has 0 fully saturated rings. The summed E-state index contributed by atoms with van der Waals surface area (Å²) in [4.78, 5) is 1.41. The molecular formula is C30H22N2S. The van der Waals surface area contributed by atoms with E-state index in [2.05, 4.69) is 89.5 Å². The van der Waals surface area contributed by atoms with Crippen molar-refractivity contribution in [1.29, 1.82) is 0 Å². The largest absolute Gasteiger partial charge is 0.397 e. The van der Waals surface area contributed by atoms with E-state index in [-0.39, 0.29) is 0 Å². The van der Waals surface area contributed by atoms with Crippen molar-refractivity contribution in [3.63, 3.8) is 0 Å². The van der Waals surface area contributed by atoms with Crippen molar-refractivity contribution in [3.05, 3.63) is 101 Å². The molecule has 0 spiro atoms. The van der Waals surface area contributed by atoms with Gasteiger partial charge in [-0.15, -0.1) is 11.3 Å². The zero-order chi connectivity index (χ0) is 21.9. The highest BCUT2D eigenvalue weighted by atomic mass is 32.1. The number of thiophene rings is 1. The molecule has 2 N–H and O–H groups in total. The number of fused-ring (bicyclic) bond motifs is 6. The lowest BCUT2D eigenvalue weighted by molar-refractivity contribution is 1.01. The first-order valence-corrected chi connectivity index (χ1v) is 12.2. The van der Waals surface area contributed by atoms with Crippen LogP contribution in [-0.2, 0) is 6.42 Å². The number of allylic oxidation sites excluding steroid dienone is 1. The van der Waals surface area contributed by atoms with Crippen LogP contribution in [0.2, 0.25) is 0 Å². The molecule has 7 rings (SSSR count). The Hall–Kier alpha value is -3.82. The van der Waals surface area contributed by atoms with Crippen LogP contribution in [0.5, 0.6) is 0 Å². The maximum Gasteiger partial charge on any atom is 0.0771 e. The van der Waals surface area contributed by atoms with E-state index in [1.165, 1.54) is 47.9 Å². The summed E-state index contributed by atoms with van der Waals surface area (Å²) < 4.78 is 3.71. The Labute approximate surface area is 196 Å². The second kappa shape index (κ2) is 7.09. The lowest BCUT2D eigenvalue weighted by Crippen LogP contribution is -1.99. The third-order valence-electron chi connectivity index (χ3n) is 6.83. The zero-order valence-corrected chi connectivity index (χ0v) is 18.9. The fourth-order valence-electron chi connectivity index (χ4n) is 5.35. The Morgan fingerprint density at radius 2 is 1.64 bits per heavy atom. The summed E-state index contributed by atoms with van der Waals surface area (Å²) in [7, 11) is 0. The molecule has 0 saturated heterocycles. The summed E-state index contributed by atoms with van der Waals surface area (Å²) in [5.74, 6) is 0. The maximum absolute atomic E-state index is 6.56. The lowest BCUT2D eigenvalue weighted by atomic mass is 9.97. The van der Waals surface area contributed by atoms with Gasteiger partial charge in [-0.05, 0) is 65.8 Å². The van der Waals surface area contributed by atoms with Crippen LogP contribution in [0.15, 0.2) is 91.0 Å². The highest BCUT2D eigenvalue weighted by Gasteiger charge is 2.18. The molecule has 1 aliphatic rings. The first kappa shape index (κ1) is 18.7. The van der Waals surface area contributed by atoms with E-state index < -0.39 is 0 Å². The number of anilines is 1. The van der Waals surface area contributed by atoms with Gasteiger partial charge in [0.1, 0.15) is 0 Å². The van der Waals surface area contributed by atoms with Crippen LogP contribution in [0.25, 0.3) is 54.8 Å². The van der Waals surface area contributed by atoms with Crippen LogP contribution in [0.3, 0.4) is 0 Å². The van der Waals surface area contributed by atoms with Crippen molar-refractivity contribution in [1.82, 2.24) is 4.57 Å². The number of nitrogens with two attached hydrogens (primary N) is 1. The van der Waals surface area contributed by atoms with E-state index in [9.17, 15) is 0 Å². The molecule has 1 aliphatic carbocycles. The number of hydrogen-bond acceptors (Lipinski definition) is 2. The normalized spacial score (nSPS) is 13.2. The summed E-state index contributed by atoms with van der Waals surface area (Å²) in [6.45, 7) is 0. The zero-order valence-electron chi connectivity index (χ0n) is 18.1. The molecule has 0 aliphatic heterocycles. The summed E-state index contributed by atoms with van der Waals surface area (Å²) in [5.41, 5.74) is 14.7. The van der Waals surface area contributed by atoms with E-state index in [0.717, 1.165) is 29.7 Å². The van der Waals surface area contributed by atoms with Crippen molar-refractivity contribution < 1.29 is 0 Å². The summed E-state index contributed by atoms with van der Waals surface area (Å²) in [5, 5.41) is 3.81. The first-order valence-electron chi connectivity index (χ1n) is 11.4. The number of hydrogen-bond donors (Lipinski definition) is 1. The molecule has 0 unspecified atom stereocenters. The second-order valence-electron chi connectivity index (χ2n) is 8.71. The molecule has 4 aromatic carbocycles. The van der Waals surface area contributed by atoms with Gasteiger partial charge in [-0.1, -0.05) is 60.7 Å². The van der Waals surface area contributed by atoms with Gasteiger partial charge in [0.25, 0.3) is 0 Å². The van der Waals surface area contributed by atoms with Gasteiger partial charge >= 0.3 is 0 Å². The summed E-state index contributed by atoms with van der Waals surface area (Å²) >= 11 is 1.90. The average molecular weight is 443 g/mol. The van der Waals surface area contributed by atoms with Gasteiger partial charge in [0.05, 0.1) is 22.4 Å². The molecular weight excluding hydrogens is 420 g/mol. The predicted octanol–water partition coefficient (Wildman–Crippen LogP) is 8.21. The molecule has 2 heterocycles. The topological polar surface area (TPSA) is 30.9 Å². The third-order valence-corrected chi connectivity index (χ3v) is 8.01. The monoisotopic (exact) mass is 442 g/mol. The van der Waals surface area contributed by atoms with Crippen LogP contribution in [0.4, 0.5) is 5.69 Å². The number of rotatable bonds is 2. The molecule has 158 valence electrons. The van der Waals surface area contributed by atoms with Gasteiger partial charge in [0.15, 0.2) is 0 Å². The van der Waals surface area contributed by atoms with Crippen LogP contribution < -0.4 is 5.73 Å². The Morgan fingerprint density at radius 3 is 2.61 bits per heavy atom. The van der Waals surface area contributed by atoms with Crippen molar-refractivity contribution in [3.8, 4) is 16.8 Å². The quantitative estimate of drug-likeness (QED) is 0.269. The van der Waals surface area contributed by atoms with Gasteiger partial charge in [-0.3, -0.25) is 0 Å². The molecule has 2 aromatic heterocycles. The van der Waals surface area contributed by atoms with Crippen LogP contribution in [0.1, 0.15) is 16.9 Å². The number of para-hydroxylation sites is 3. The Kier molecular flexibility index (Phi) is 4.02. The van der Waals surface area contributed by atoms with E-state index in [4.69, 9.17) is 5.73 Å². The number of aryl methyl sites for hydroxylation is 1. The molecule has 2 nitrogen and oxygen atoms in total. The van der Waals surface area contributed by atoms with Gasteiger partial charge in [0.2, 0.25) is 0 Å². The number of benzene rings is 4. The molecule has 0 saturated carbocycles. The van der Waals surface area contributed by atoms with Crippen molar-refractivity contribution in [2.45, 2.75) is 12.8 Å². The fraction of sp³-hybridized carbons (Fsp3) is 0.0667. The van der Waals surface area contributed by atoms with Gasteiger partial charge in [0, 0.05) is 25.9 Å². The van der Waals surface area contributed by atoms with Gasteiger partial charge < -0.3 is 10.3 Å². The minimum absolute atomic E-state index is 0.799. The Balaban J connectivity index is 1.53. The van der Waals surface area contributed by atoms with E-state index in [1.54, 1.807) is 0 Å². The number of nitrogens with zero attached hydrogens (tertiary/aromatic N) is 1. The molecule has 33 heavy (non-hydrogen) atoms. The van der Waals surface area contributed by atoms with E-state index >= 15 is 0 Å². The minimum atomic E-state index is 0.799. The van der Waals surface area contributed by atoms with Crippen molar-refractivity contribution in [2.24, 2.45) is 0 Å². The fourth-order valence-corrected chi connectivity index (χ4v) is 6.52. The van der Waals surface area contributed by atoms with E-state index in [1.807, 2.05) is 23.5 Å². The number of aromatic nitrogens is 1. The average Bonchev–Trinajstić information content (AvgIpc) is 3.40. The van der Waals surface area contributed by atoms with E-state index in [0.29, 0.717) is 0 Å². The van der Waals surface area contributed by atoms with Gasteiger partial charge in [-0.25, -0.2) is 0 Å². The minimum Gasteiger partial charge on any atom is -0.397 e. The van der Waals surface area contributed by atoms with Crippen molar-refractivity contribution >= 4 is 55.0 Å². The third kappa shape index (κ3) is 2.73. The smallest absolute Gasteiger partial charge is 0.0771 e. The van der Waals surface area contributed by atoms with Crippen molar-refractivity contribution in [2.75, 3.05) is 5.73 Å². The summed E-state index contributed by atoms with van der Waals surface area (Å²) in [6.07, 6.45) is 6.83.